The molecule has 2 aromatic heterocycles. The highest BCUT2D eigenvalue weighted by Gasteiger charge is 2.31. The van der Waals surface area contributed by atoms with Crippen molar-refractivity contribution in [3.8, 4) is 34.0 Å². The van der Waals surface area contributed by atoms with Gasteiger partial charge in [0.05, 0.1) is 29.1 Å². The molecule has 0 unspecified atom stereocenters. The number of hydrogen-bond donors (Lipinski definition) is 5. The molecule has 0 radical (unpaired) electrons. The number of phenols is 1. The summed E-state index contributed by atoms with van der Waals surface area (Å²) in [6.45, 7) is 6.15. The van der Waals surface area contributed by atoms with E-state index >= 15 is 0 Å². The second-order valence-electron chi connectivity index (χ2n) is 9.06. The molecule has 5 N–H and O–H groups in total. The van der Waals surface area contributed by atoms with Gasteiger partial charge in [0.15, 0.2) is 11.5 Å². The van der Waals surface area contributed by atoms with Gasteiger partial charge in [0.2, 0.25) is 0 Å². The van der Waals surface area contributed by atoms with Crippen molar-refractivity contribution in [2.24, 2.45) is 0 Å². The van der Waals surface area contributed by atoms with Crippen molar-refractivity contribution in [2.75, 3.05) is 6.61 Å². The van der Waals surface area contributed by atoms with E-state index in [1.807, 2.05) is 69.3 Å². The van der Waals surface area contributed by atoms with Crippen LogP contribution in [0.1, 0.15) is 40.7 Å². The van der Waals surface area contributed by atoms with E-state index in [0.29, 0.717) is 34.7 Å². The topological polar surface area (TPSA) is 127 Å². The quantitative estimate of drug-likeness (QED) is 0.218. The van der Waals surface area contributed by atoms with Gasteiger partial charge in [-0.3, -0.25) is 30.0 Å². The Hall–Kier alpha value is -4.72. The molecule has 0 saturated carbocycles. The summed E-state index contributed by atoms with van der Waals surface area (Å²) >= 11 is 0. The first kappa shape index (κ1) is 24.0. The lowest BCUT2D eigenvalue weighted by Gasteiger charge is -2.19. The highest BCUT2D eigenvalue weighted by Crippen LogP contribution is 2.40. The number of ether oxygens (including phenoxy) is 1. The second-order valence-corrected chi connectivity index (χ2v) is 9.06. The van der Waals surface area contributed by atoms with Crippen LogP contribution in [0.4, 0.5) is 0 Å². The van der Waals surface area contributed by atoms with Crippen LogP contribution >= 0.6 is 0 Å². The lowest BCUT2D eigenvalue weighted by Crippen LogP contribution is -2.20. The van der Waals surface area contributed by atoms with Crippen LogP contribution in [0.15, 0.2) is 76.3 Å². The lowest BCUT2D eigenvalue weighted by molar-refractivity contribution is 0.317. The van der Waals surface area contributed by atoms with E-state index in [4.69, 9.17) is 4.74 Å². The minimum Gasteiger partial charge on any atom is -0.504 e. The molecule has 0 aliphatic heterocycles. The Morgan fingerprint density at radius 1 is 0.730 bits per heavy atom. The van der Waals surface area contributed by atoms with Gasteiger partial charge in [0, 0.05) is 5.92 Å². The van der Waals surface area contributed by atoms with E-state index in [1.54, 1.807) is 12.1 Å². The highest BCUT2D eigenvalue weighted by molar-refractivity contribution is 5.71. The summed E-state index contributed by atoms with van der Waals surface area (Å²) in [4.78, 5) is 26.8. The zero-order chi connectivity index (χ0) is 26.1. The maximum Gasteiger partial charge on any atom is 0.268 e. The number of aromatic nitrogens is 4. The second kappa shape index (κ2) is 9.73. The summed E-state index contributed by atoms with van der Waals surface area (Å²) in [6, 6.07) is 20.5. The van der Waals surface area contributed by atoms with E-state index in [2.05, 4.69) is 20.4 Å². The molecular formula is C29H28N4O4. The molecule has 5 rings (SSSR count). The van der Waals surface area contributed by atoms with Gasteiger partial charge in [-0.2, -0.15) is 0 Å². The van der Waals surface area contributed by atoms with Gasteiger partial charge in [-0.1, -0.05) is 65.7 Å². The Balaban J connectivity index is 1.80. The fraction of sp³-hybridized carbons (Fsp3) is 0.172. The number of aryl methyl sites for hydroxylation is 2. The Morgan fingerprint density at radius 2 is 1.22 bits per heavy atom. The number of benzene rings is 3. The van der Waals surface area contributed by atoms with Crippen molar-refractivity contribution in [1.29, 1.82) is 0 Å². The van der Waals surface area contributed by atoms with E-state index < -0.39 is 5.92 Å². The monoisotopic (exact) mass is 496 g/mol. The number of rotatable bonds is 7. The number of aromatic amines is 4. The van der Waals surface area contributed by atoms with Gasteiger partial charge in [0.25, 0.3) is 11.1 Å². The average molecular weight is 497 g/mol. The van der Waals surface area contributed by atoms with Gasteiger partial charge in [-0.05, 0) is 49.6 Å². The number of phenolic OH excluding ortho intramolecular Hbond substituents is 1. The summed E-state index contributed by atoms with van der Waals surface area (Å²) in [5.41, 5.74) is 5.64. The van der Waals surface area contributed by atoms with Crippen molar-refractivity contribution in [3.63, 3.8) is 0 Å². The molecule has 3 aromatic carbocycles. The molecule has 0 bridgehead atoms. The number of nitrogens with one attached hydrogen (secondary N) is 4. The first-order chi connectivity index (χ1) is 17.9. The van der Waals surface area contributed by atoms with Crippen LogP contribution in [-0.4, -0.2) is 32.1 Å². The number of H-pyrrole nitrogens is 4. The summed E-state index contributed by atoms with van der Waals surface area (Å²) in [6.07, 6.45) is 0. The van der Waals surface area contributed by atoms with Crippen molar-refractivity contribution in [1.82, 2.24) is 20.4 Å². The molecule has 188 valence electrons. The SMILES string of the molecule is CCOc1cc(C(c2c(-c3ccc(C)cc3)[nH][nH]c2=O)c2c(-c3ccc(C)cc3)[nH][nH]c2=O)ccc1O. The van der Waals surface area contributed by atoms with Crippen LogP contribution in [0.25, 0.3) is 22.5 Å². The van der Waals surface area contributed by atoms with Gasteiger partial charge >= 0.3 is 0 Å². The van der Waals surface area contributed by atoms with Crippen LogP contribution in [0.2, 0.25) is 0 Å². The third-order valence-corrected chi connectivity index (χ3v) is 6.50. The average Bonchev–Trinajstić information content (AvgIpc) is 3.46. The molecule has 0 aliphatic carbocycles. The fourth-order valence-corrected chi connectivity index (χ4v) is 4.64. The Bertz CT molecular complexity index is 1560. The van der Waals surface area contributed by atoms with Gasteiger partial charge in [-0.15, -0.1) is 0 Å². The van der Waals surface area contributed by atoms with Crippen LogP contribution in [-0.2, 0) is 0 Å². The largest absolute Gasteiger partial charge is 0.504 e. The first-order valence-corrected chi connectivity index (χ1v) is 12.1. The minimum atomic E-state index is -0.780. The van der Waals surface area contributed by atoms with E-state index in [-0.39, 0.29) is 22.6 Å². The first-order valence-electron chi connectivity index (χ1n) is 12.1. The maximum absolute atomic E-state index is 13.4. The van der Waals surface area contributed by atoms with E-state index in [1.165, 1.54) is 6.07 Å². The fourth-order valence-electron chi connectivity index (χ4n) is 4.64. The van der Waals surface area contributed by atoms with Crippen LogP contribution in [0.5, 0.6) is 11.5 Å². The van der Waals surface area contributed by atoms with Crippen LogP contribution in [0.3, 0.4) is 0 Å². The molecule has 8 nitrogen and oxygen atoms in total. The summed E-state index contributed by atoms with van der Waals surface area (Å²) in [5, 5.41) is 21.8. The Morgan fingerprint density at radius 3 is 1.68 bits per heavy atom. The van der Waals surface area contributed by atoms with E-state index in [0.717, 1.165) is 22.3 Å². The molecule has 5 aromatic rings. The number of aromatic hydroxyl groups is 1. The molecule has 0 amide bonds. The van der Waals surface area contributed by atoms with Gasteiger partial charge in [0.1, 0.15) is 0 Å². The summed E-state index contributed by atoms with van der Waals surface area (Å²) < 4.78 is 5.64. The van der Waals surface area contributed by atoms with Crippen molar-refractivity contribution in [3.05, 3.63) is 115 Å². The molecule has 0 saturated heterocycles. The Kier molecular flexibility index (Phi) is 6.31. The molecule has 0 fully saturated rings. The summed E-state index contributed by atoms with van der Waals surface area (Å²) in [7, 11) is 0. The van der Waals surface area contributed by atoms with Crippen molar-refractivity contribution in [2.45, 2.75) is 26.7 Å². The normalized spacial score (nSPS) is 11.2. The third-order valence-electron chi connectivity index (χ3n) is 6.50. The van der Waals surface area contributed by atoms with Crippen LogP contribution in [0, 0.1) is 13.8 Å². The smallest absolute Gasteiger partial charge is 0.268 e. The molecule has 0 atom stereocenters. The predicted octanol–water partition coefficient (Wildman–Crippen LogP) is 4.95. The van der Waals surface area contributed by atoms with Crippen LogP contribution < -0.4 is 15.9 Å². The minimum absolute atomic E-state index is 0.0205. The zero-order valence-corrected chi connectivity index (χ0v) is 20.8. The van der Waals surface area contributed by atoms with Crippen molar-refractivity contribution < 1.29 is 9.84 Å². The maximum atomic E-state index is 13.4. The molecule has 2 heterocycles. The van der Waals surface area contributed by atoms with E-state index in [9.17, 15) is 14.7 Å². The predicted molar refractivity (Wildman–Crippen MR) is 143 cm³/mol. The summed E-state index contributed by atoms with van der Waals surface area (Å²) in [5.74, 6) is -0.525. The molecule has 0 aliphatic rings. The molecular weight excluding hydrogens is 468 g/mol. The number of hydrogen-bond acceptors (Lipinski definition) is 4. The standard InChI is InChI=1S/C29H28N4O4/c1-4-37-22-15-20(13-14-21(22)34)23(24-26(30-32-28(24)35)18-9-5-16(2)6-10-18)25-27(31-33-29(25)36)19-11-7-17(3)8-12-19/h5-15,23,34H,4H2,1-3H3,(H2,30,32,35)(H2,31,33,36). The molecule has 0 spiro atoms. The molecule has 37 heavy (non-hydrogen) atoms. The van der Waals surface area contributed by atoms with Gasteiger partial charge in [-0.25, -0.2) is 0 Å². The van der Waals surface area contributed by atoms with Gasteiger partial charge < -0.3 is 9.84 Å². The van der Waals surface area contributed by atoms with Crippen molar-refractivity contribution >= 4 is 0 Å². The lowest BCUT2D eigenvalue weighted by atomic mass is 9.83. The third kappa shape index (κ3) is 4.49. The Labute approximate surface area is 213 Å². The molecule has 8 heteroatoms. The zero-order valence-electron chi connectivity index (χ0n) is 20.8. The highest BCUT2D eigenvalue weighted by atomic mass is 16.5.